The molecule has 0 atom stereocenters. The third kappa shape index (κ3) is 3.33. The van der Waals surface area contributed by atoms with Gasteiger partial charge < -0.3 is 4.74 Å². The van der Waals surface area contributed by atoms with E-state index in [1.165, 1.54) is 18.2 Å². The number of ether oxygens (including phenoxy) is 1. The minimum absolute atomic E-state index is 0.00616. The van der Waals surface area contributed by atoms with E-state index >= 15 is 0 Å². The maximum absolute atomic E-state index is 11.8. The number of hydrogen-bond donors (Lipinski definition) is 0. The molecule has 0 saturated carbocycles. The van der Waals surface area contributed by atoms with Crippen molar-refractivity contribution in [2.24, 2.45) is 0 Å². The van der Waals surface area contributed by atoms with Gasteiger partial charge in [0.25, 0.3) is 5.69 Å². The summed E-state index contributed by atoms with van der Waals surface area (Å²) in [6, 6.07) is 5.88. The van der Waals surface area contributed by atoms with Crippen LogP contribution in [0.2, 0.25) is 5.02 Å². The molecule has 0 spiro atoms. The van der Waals surface area contributed by atoms with Crippen molar-refractivity contribution in [3.63, 3.8) is 0 Å². The van der Waals surface area contributed by atoms with Crippen LogP contribution in [-0.2, 0) is 0 Å². The number of carbonyl (C=O) groups excluding carboxylic acids is 1. The molecule has 0 aliphatic rings. The van der Waals surface area contributed by atoms with Crippen molar-refractivity contribution in [1.82, 2.24) is 0 Å². The van der Waals surface area contributed by atoms with E-state index in [4.69, 9.17) is 16.3 Å². The fourth-order valence-electron chi connectivity index (χ4n) is 1.39. The first-order valence-electron chi connectivity index (χ1n) is 5.29. The minimum atomic E-state index is -0.807. The van der Waals surface area contributed by atoms with Crippen LogP contribution in [0.5, 0.6) is 5.75 Å². The van der Waals surface area contributed by atoms with Crippen LogP contribution in [0, 0.1) is 20.2 Å². The van der Waals surface area contributed by atoms with Gasteiger partial charge in [0.15, 0.2) is 0 Å². The fraction of sp³-hybridized carbons (Fsp3) is 0. The second kappa shape index (κ2) is 5.85. The molecule has 10 heteroatoms. The van der Waals surface area contributed by atoms with E-state index in [2.05, 4.69) is 0 Å². The lowest BCUT2D eigenvalue weighted by Gasteiger charge is -2.03. The molecule has 0 aliphatic heterocycles. The maximum atomic E-state index is 11.8. The third-order valence-corrected chi connectivity index (χ3v) is 3.62. The Morgan fingerprint density at radius 2 is 1.86 bits per heavy atom. The highest BCUT2D eigenvalue weighted by Gasteiger charge is 2.18. The molecule has 0 N–H and O–H groups in total. The van der Waals surface area contributed by atoms with Crippen molar-refractivity contribution < 1.29 is 19.4 Å². The Labute approximate surface area is 125 Å². The molecule has 1 heterocycles. The average molecular weight is 329 g/mol. The van der Waals surface area contributed by atoms with Crippen LogP contribution in [0.4, 0.5) is 10.7 Å². The highest BCUT2D eigenvalue weighted by Crippen LogP contribution is 2.30. The summed E-state index contributed by atoms with van der Waals surface area (Å²) in [7, 11) is 0. The number of nitrogens with zero attached hydrogens (tertiary/aromatic N) is 2. The summed E-state index contributed by atoms with van der Waals surface area (Å²) < 4.78 is 4.95. The average Bonchev–Trinajstić information content (AvgIpc) is 2.88. The van der Waals surface area contributed by atoms with Gasteiger partial charge in [0.1, 0.15) is 15.6 Å². The zero-order valence-corrected chi connectivity index (χ0v) is 11.6. The molecule has 0 unspecified atom stereocenters. The van der Waals surface area contributed by atoms with Gasteiger partial charge in [0.05, 0.1) is 9.85 Å². The van der Waals surface area contributed by atoms with E-state index < -0.39 is 15.8 Å². The summed E-state index contributed by atoms with van der Waals surface area (Å²) in [5.74, 6) is -0.801. The highest BCUT2D eigenvalue weighted by molar-refractivity contribution is 7.17. The molecule has 2 aromatic rings. The van der Waals surface area contributed by atoms with Gasteiger partial charge in [-0.2, -0.15) is 0 Å². The van der Waals surface area contributed by atoms with Crippen LogP contribution in [0.15, 0.2) is 30.3 Å². The number of esters is 1. The normalized spacial score (nSPS) is 10.1. The van der Waals surface area contributed by atoms with Gasteiger partial charge in [-0.15, -0.1) is 0 Å². The number of hydrogen-bond acceptors (Lipinski definition) is 7. The first-order valence-corrected chi connectivity index (χ1v) is 6.48. The highest BCUT2D eigenvalue weighted by atomic mass is 35.5. The number of nitro groups is 2. The Morgan fingerprint density at radius 1 is 1.14 bits per heavy atom. The number of carbonyl (C=O) groups is 1. The first-order chi connectivity index (χ1) is 9.88. The maximum Gasteiger partial charge on any atom is 0.353 e. The molecule has 0 bridgehead atoms. The van der Waals surface area contributed by atoms with E-state index in [1.54, 1.807) is 0 Å². The Hall–Kier alpha value is -2.52. The van der Waals surface area contributed by atoms with Gasteiger partial charge >= 0.3 is 11.0 Å². The molecular formula is C11H5ClN2O6S. The van der Waals surface area contributed by atoms with Gasteiger partial charge in [0.2, 0.25) is 0 Å². The fourth-order valence-corrected chi connectivity index (χ4v) is 2.33. The zero-order valence-electron chi connectivity index (χ0n) is 10.0. The van der Waals surface area contributed by atoms with E-state index in [1.807, 2.05) is 0 Å². The quantitative estimate of drug-likeness (QED) is 0.367. The van der Waals surface area contributed by atoms with Gasteiger partial charge in [-0.1, -0.05) is 22.9 Å². The second-order valence-corrected chi connectivity index (χ2v) is 5.12. The lowest BCUT2D eigenvalue weighted by Crippen LogP contribution is -2.06. The summed E-state index contributed by atoms with van der Waals surface area (Å²) in [5.41, 5.74) is -0.316. The Bertz CT molecular complexity index is 744. The molecule has 0 amide bonds. The molecule has 8 nitrogen and oxygen atoms in total. The molecular weight excluding hydrogens is 324 g/mol. The Kier molecular flexibility index (Phi) is 4.15. The van der Waals surface area contributed by atoms with Crippen molar-refractivity contribution in [1.29, 1.82) is 0 Å². The number of rotatable bonds is 4. The van der Waals surface area contributed by atoms with Crippen molar-refractivity contribution in [2.45, 2.75) is 0 Å². The zero-order chi connectivity index (χ0) is 15.6. The summed E-state index contributed by atoms with van der Waals surface area (Å²) >= 11 is 6.35. The third-order valence-electron chi connectivity index (χ3n) is 2.30. The van der Waals surface area contributed by atoms with E-state index in [9.17, 15) is 25.0 Å². The standard InChI is InChI=1S/C11H5ClN2O6S/c12-7-5-6(1-2-8(7)13(16)17)20-11(15)9-3-4-10(21-9)14(18)19/h1-5H. The molecule has 0 fully saturated rings. The molecule has 21 heavy (non-hydrogen) atoms. The summed E-state index contributed by atoms with van der Waals surface area (Å²) in [4.78, 5) is 31.6. The smallest absolute Gasteiger partial charge is 0.353 e. The van der Waals surface area contributed by atoms with Gasteiger partial charge in [-0.25, -0.2) is 4.79 Å². The molecule has 2 rings (SSSR count). The van der Waals surface area contributed by atoms with Crippen molar-refractivity contribution in [2.75, 3.05) is 0 Å². The lowest BCUT2D eigenvalue weighted by molar-refractivity contribution is -0.384. The topological polar surface area (TPSA) is 113 Å². The lowest BCUT2D eigenvalue weighted by atomic mass is 10.3. The van der Waals surface area contributed by atoms with Gasteiger partial charge in [0, 0.05) is 18.2 Å². The van der Waals surface area contributed by atoms with Crippen LogP contribution in [-0.4, -0.2) is 15.8 Å². The molecule has 0 saturated heterocycles. The van der Waals surface area contributed by atoms with Gasteiger partial charge in [-0.3, -0.25) is 20.2 Å². The Morgan fingerprint density at radius 3 is 2.38 bits per heavy atom. The van der Waals surface area contributed by atoms with Crippen LogP contribution in [0.3, 0.4) is 0 Å². The number of halogens is 1. The van der Waals surface area contributed by atoms with E-state index in [0.29, 0.717) is 11.3 Å². The monoisotopic (exact) mass is 328 g/mol. The van der Waals surface area contributed by atoms with Crippen LogP contribution < -0.4 is 4.74 Å². The van der Waals surface area contributed by atoms with E-state index in [0.717, 1.165) is 12.1 Å². The predicted octanol–water partition coefficient (Wildman–Crippen LogP) is 3.44. The molecule has 0 aliphatic carbocycles. The summed E-state index contributed by atoms with van der Waals surface area (Å²) in [5, 5.41) is 20.7. The predicted molar refractivity (Wildman–Crippen MR) is 74.0 cm³/mol. The first kappa shape index (κ1) is 14.9. The van der Waals surface area contributed by atoms with Crippen LogP contribution in [0.1, 0.15) is 9.67 Å². The van der Waals surface area contributed by atoms with Crippen LogP contribution >= 0.6 is 22.9 Å². The number of thiophene rings is 1. The van der Waals surface area contributed by atoms with Crippen molar-refractivity contribution >= 4 is 39.6 Å². The van der Waals surface area contributed by atoms with E-state index in [-0.39, 0.29) is 26.3 Å². The molecule has 1 aromatic carbocycles. The number of benzene rings is 1. The molecule has 108 valence electrons. The Balaban J connectivity index is 2.17. The summed E-state index contributed by atoms with van der Waals surface area (Å²) in [6.07, 6.45) is 0. The molecule has 1 aromatic heterocycles. The largest absolute Gasteiger partial charge is 0.422 e. The number of nitro benzene ring substituents is 1. The minimum Gasteiger partial charge on any atom is -0.422 e. The van der Waals surface area contributed by atoms with Gasteiger partial charge in [-0.05, 0) is 12.1 Å². The second-order valence-electron chi connectivity index (χ2n) is 3.65. The van der Waals surface area contributed by atoms with Crippen molar-refractivity contribution in [3.05, 3.63) is 60.5 Å². The SMILES string of the molecule is O=C(Oc1ccc([N+](=O)[O-])c(Cl)c1)c1ccc([N+](=O)[O-])s1. The molecule has 0 radical (unpaired) electrons. The van der Waals surface area contributed by atoms with Crippen LogP contribution in [0.25, 0.3) is 0 Å². The van der Waals surface area contributed by atoms with Crippen molar-refractivity contribution in [3.8, 4) is 5.75 Å². The summed E-state index contributed by atoms with van der Waals surface area (Å²) in [6.45, 7) is 0.